The molecule has 0 bridgehead atoms. The number of fused-ring (bicyclic) bond motifs is 1. The number of nitrogens with one attached hydrogen (secondary N) is 1. The minimum absolute atomic E-state index is 0.397. The zero-order valence-electron chi connectivity index (χ0n) is 17.1. The summed E-state index contributed by atoms with van der Waals surface area (Å²) in [6, 6.07) is 16.5. The molecule has 2 aromatic carbocycles. The lowest BCUT2D eigenvalue weighted by atomic mass is 9.90. The van der Waals surface area contributed by atoms with Crippen LogP contribution in [0.3, 0.4) is 0 Å². The molecule has 6 heteroatoms. The van der Waals surface area contributed by atoms with E-state index < -0.39 is 6.09 Å². The average molecular weight is 396 g/mol. The molecule has 0 radical (unpaired) electrons. The number of piperidine rings is 1. The van der Waals surface area contributed by atoms with E-state index in [0.29, 0.717) is 17.7 Å². The Morgan fingerprint density at radius 2 is 2.00 bits per heavy atom. The Labute approximate surface area is 172 Å². The molecule has 154 valence electrons. The number of rotatable bonds is 5. The van der Waals surface area contributed by atoms with E-state index in [1.165, 1.54) is 5.56 Å². The molecule has 2 aliphatic rings. The van der Waals surface area contributed by atoms with Gasteiger partial charge >= 0.3 is 6.09 Å². The fourth-order valence-corrected chi connectivity index (χ4v) is 4.23. The van der Waals surface area contributed by atoms with Crippen LogP contribution >= 0.6 is 0 Å². The largest absolute Gasteiger partial charge is 0.412 e. The number of carbonyl (C=O) groups excluding carboxylic acids is 1. The van der Waals surface area contributed by atoms with Crippen molar-refractivity contribution >= 4 is 6.09 Å². The molecular formula is C23H29N3O3. The summed E-state index contributed by atoms with van der Waals surface area (Å²) in [5, 5.41) is 4.62. The van der Waals surface area contributed by atoms with Gasteiger partial charge in [-0.25, -0.2) is 4.79 Å². The van der Waals surface area contributed by atoms with Gasteiger partial charge in [-0.15, -0.1) is 5.06 Å². The first kappa shape index (κ1) is 19.7. The van der Waals surface area contributed by atoms with Gasteiger partial charge in [0, 0.05) is 25.2 Å². The van der Waals surface area contributed by atoms with Crippen LogP contribution in [-0.4, -0.2) is 42.2 Å². The summed E-state index contributed by atoms with van der Waals surface area (Å²) in [5.74, 6) is 2.20. The van der Waals surface area contributed by atoms with E-state index in [1.807, 2.05) is 24.3 Å². The van der Waals surface area contributed by atoms with E-state index in [0.717, 1.165) is 50.3 Å². The Kier molecular flexibility index (Phi) is 6.02. The highest BCUT2D eigenvalue weighted by Crippen LogP contribution is 2.33. The van der Waals surface area contributed by atoms with E-state index in [-0.39, 0.29) is 0 Å². The molecule has 1 fully saturated rings. The first-order chi connectivity index (χ1) is 14.1. The molecule has 29 heavy (non-hydrogen) atoms. The monoisotopic (exact) mass is 395 g/mol. The molecule has 0 aromatic heterocycles. The zero-order valence-corrected chi connectivity index (χ0v) is 17.1. The highest BCUT2D eigenvalue weighted by Gasteiger charge is 2.32. The molecule has 0 aliphatic carbocycles. The van der Waals surface area contributed by atoms with Gasteiger partial charge in [0.2, 0.25) is 0 Å². The maximum Gasteiger partial charge on any atom is 0.412 e. The van der Waals surface area contributed by atoms with E-state index in [1.54, 1.807) is 13.1 Å². The molecule has 2 heterocycles. The number of hydrogen-bond acceptors (Lipinski definition) is 5. The van der Waals surface area contributed by atoms with E-state index in [9.17, 15) is 4.79 Å². The number of amides is 1. The van der Waals surface area contributed by atoms with Gasteiger partial charge in [0.15, 0.2) is 5.75 Å². The third-order valence-electron chi connectivity index (χ3n) is 6.00. The molecule has 1 N–H and O–H groups in total. The molecule has 2 aromatic rings. The van der Waals surface area contributed by atoms with Gasteiger partial charge < -0.3 is 14.9 Å². The molecule has 1 saturated heterocycles. The van der Waals surface area contributed by atoms with Gasteiger partial charge in [0.1, 0.15) is 5.75 Å². The molecule has 6 nitrogen and oxygen atoms in total. The lowest BCUT2D eigenvalue weighted by Gasteiger charge is -2.37. The summed E-state index contributed by atoms with van der Waals surface area (Å²) >= 11 is 0. The summed E-state index contributed by atoms with van der Waals surface area (Å²) in [6.07, 6.45) is 1.88. The third kappa shape index (κ3) is 4.71. The summed E-state index contributed by atoms with van der Waals surface area (Å²) < 4.78 is 5.24. The maximum absolute atomic E-state index is 11.4. The van der Waals surface area contributed by atoms with Crippen molar-refractivity contribution in [2.45, 2.75) is 38.9 Å². The summed E-state index contributed by atoms with van der Waals surface area (Å²) in [6.45, 7) is 6.16. The van der Waals surface area contributed by atoms with Crippen molar-refractivity contribution in [2.75, 3.05) is 20.1 Å². The fourth-order valence-electron chi connectivity index (χ4n) is 4.23. The minimum Gasteiger partial charge on any atom is -0.410 e. The topological polar surface area (TPSA) is 54.0 Å². The Hall–Kier alpha value is -2.57. The van der Waals surface area contributed by atoms with Gasteiger partial charge in [-0.3, -0.25) is 4.90 Å². The Morgan fingerprint density at radius 1 is 1.21 bits per heavy atom. The number of hydrogen-bond donors (Lipinski definition) is 1. The Bertz CT molecular complexity index is 824. The van der Waals surface area contributed by atoms with Gasteiger partial charge in [-0.05, 0) is 62.5 Å². The van der Waals surface area contributed by atoms with Gasteiger partial charge in [-0.1, -0.05) is 30.3 Å². The molecular weight excluding hydrogens is 366 g/mol. The van der Waals surface area contributed by atoms with Crippen molar-refractivity contribution in [1.82, 2.24) is 15.3 Å². The van der Waals surface area contributed by atoms with E-state index >= 15 is 0 Å². The van der Waals surface area contributed by atoms with Gasteiger partial charge in [0.25, 0.3) is 0 Å². The lowest BCUT2D eigenvalue weighted by Crippen LogP contribution is -2.43. The summed E-state index contributed by atoms with van der Waals surface area (Å²) in [7, 11) is 1.56. The summed E-state index contributed by atoms with van der Waals surface area (Å²) in [5.41, 5.74) is 2.44. The van der Waals surface area contributed by atoms with Crippen LogP contribution in [0.5, 0.6) is 11.5 Å². The number of ether oxygens (including phenoxy) is 1. The van der Waals surface area contributed by atoms with Crippen molar-refractivity contribution in [3.8, 4) is 11.5 Å². The molecule has 4 rings (SSSR count). The third-order valence-corrected chi connectivity index (χ3v) is 6.00. The quantitative estimate of drug-likeness (QED) is 0.834. The van der Waals surface area contributed by atoms with Crippen LogP contribution in [0.4, 0.5) is 4.79 Å². The molecule has 1 unspecified atom stereocenters. The second-order valence-electron chi connectivity index (χ2n) is 7.92. The number of carbonyl (C=O) groups is 1. The van der Waals surface area contributed by atoms with Gasteiger partial charge in [-0.2, -0.15) is 0 Å². The van der Waals surface area contributed by atoms with Crippen molar-refractivity contribution in [3.05, 3.63) is 59.7 Å². The Balaban J connectivity index is 1.28. The highest BCUT2D eigenvalue weighted by atomic mass is 16.7. The summed E-state index contributed by atoms with van der Waals surface area (Å²) in [4.78, 5) is 20.0. The number of likely N-dealkylation sites (tertiary alicyclic amines) is 1. The second kappa shape index (κ2) is 8.84. The standard InChI is InChI=1S/C23H29N3O3/c1-17(26-16-20-7-3-4-9-22(20)29-26)19-10-12-25(13-11-19)15-18-6-5-8-21(14-18)28-23(27)24-2/h3-9,14,17,19H,10-13,15-16H2,1-2H3,(H,24,27). The highest BCUT2D eigenvalue weighted by molar-refractivity contribution is 5.69. The second-order valence-corrected chi connectivity index (χ2v) is 7.92. The predicted molar refractivity (Wildman–Crippen MR) is 112 cm³/mol. The van der Waals surface area contributed by atoms with Crippen molar-refractivity contribution in [1.29, 1.82) is 0 Å². The van der Waals surface area contributed by atoms with Crippen LogP contribution in [0.2, 0.25) is 0 Å². The number of para-hydroxylation sites is 1. The number of nitrogens with zero attached hydrogens (tertiary/aromatic N) is 2. The number of hydroxylamine groups is 2. The first-order valence-electron chi connectivity index (χ1n) is 10.4. The normalized spacial score (nSPS) is 18.7. The maximum atomic E-state index is 11.4. The molecule has 1 atom stereocenters. The molecule has 1 amide bonds. The van der Waals surface area contributed by atoms with Crippen LogP contribution in [0.25, 0.3) is 0 Å². The zero-order chi connectivity index (χ0) is 20.2. The van der Waals surface area contributed by atoms with Crippen LogP contribution < -0.4 is 14.9 Å². The lowest BCUT2D eigenvalue weighted by molar-refractivity contribution is -0.100. The number of benzene rings is 2. The smallest absolute Gasteiger partial charge is 0.410 e. The fraction of sp³-hybridized carbons (Fsp3) is 0.435. The van der Waals surface area contributed by atoms with Crippen LogP contribution in [0.15, 0.2) is 48.5 Å². The van der Waals surface area contributed by atoms with Crippen molar-refractivity contribution in [2.24, 2.45) is 5.92 Å². The van der Waals surface area contributed by atoms with Crippen molar-refractivity contribution < 1.29 is 14.4 Å². The van der Waals surface area contributed by atoms with E-state index in [2.05, 4.69) is 40.4 Å². The predicted octanol–water partition coefficient (Wildman–Crippen LogP) is 3.81. The van der Waals surface area contributed by atoms with Crippen molar-refractivity contribution in [3.63, 3.8) is 0 Å². The van der Waals surface area contributed by atoms with Gasteiger partial charge in [0.05, 0.1) is 6.54 Å². The van der Waals surface area contributed by atoms with E-state index in [4.69, 9.17) is 9.57 Å². The Morgan fingerprint density at radius 3 is 2.76 bits per heavy atom. The first-order valence-corrected chi connectivity index (χ1v) is 10.4. The SMILES string of the molecule is CNC(=O)Oc1cccc(CN2CCC(C(C)N3Cc4ccccc4O3)CC2)c1. The van der Waals surface area contributed by atoms with Crippen LogP contribution in [-0.2, 0) is 13.1 Å². The minimum atomic E-state index is -0.441. The molecule has 0 saturated carbocycles. The van der Waals surface area contributed by atoms with Crippen LogP contribution in [0.1, 0.15) is 30.9 Å². The molecule has 2 aliphatic heterocycles. The average Bonchev–Trinajstić information content (AvgIpc) is 3.18. The molecule has 0 spiro atoms. The van der Waals surface area contributed by atoms with Crippen LogP contribution in [0, 0.1) is 5.92 Å².